The van der Waals surface area contributed by atoms with E-state index in [4.69, 9.17) is 4.74 Å². The Bertz CT molecular complexity index is 1070. The molecule has 9 nitrogen and oxygen atoms in total. The van der Waals surface area contributed by atoms with Crippen molar-refractivity contribution in [2.24, 2.45) is 0 Å². The monoisotopic (exact) mass is 562 g/mol. The van der Waals surface area contributed by atoms with E-state index in [1.54, 1.807) is 48.5 Å². The van der Waals surface area contributed by atoms with E-state index in [0.29, 0.717) is 35.3 Å². The average Bonchev–Trinajstić information content (AvgIpc) is 3.37. The van der Waals surface area contributed by atoms with E-state index in [2.05, 4.69) is 23.9 Å². The van der Waals surface area contributed by atoms with Crippen LogP contribution in [0.15, 0.2) is 48.5 Å². The lowest BCUT2D eigenvalue weighted by Crippen LogP contribution is -2.33. The van der Waals surface area contributed by atoms with Crippen molar-refractivity contribution in [3.63, 3.8) is 0 Å². The number of hydrogen-bond acceptors (Lipinski definition) is 7. The van der Waals surface area contributed by atoms with Crippen LogP contribution in [-0.2, 0) is 4.74 Å². The lowest BCUT2D eigenvalue weighted by molar-refractivity contribution is 0.0633. The summed E-state index contributed by atoms with van der Waals surface area (Å²) >= 11 is 0. The number of benzene rings is 2. The van der Waals surface area contributed by atoms with Crippen LogP contribution in [0.5, 0.6) is 0 Å². The molecular weight excluding hydrogens is 520 g/mol. The molecule has 0 atom stereocenters. The quantitative estimate of drug-likeness (QED) is 0.202. The first-order valence-electron chi connectivity index (χ1n) is 14.7. The number of unbranched alkanes of at least 4 members (excludes halogenated alkanes) is 2. The third kappa shape index (κ3) is 7.87. The van der Waals surface area contributed by atoms with Crippen LogP contribution in [0.25, 0.3) is 0 Å². The van der Waals surface area contributed by atoms with E-state index in [0.717, 1.165) is 77.9 Å². The molecule has 220 valence electrons. The molecule has 0 radical (unpaired) electrons. The van der Waals surface area contributed by atoms with E-state index < -0.39 is 0 Å². The number of nitrogens with zero attached hydrogens (tertiary/aromatic N) is 4. The highest BCUT2D eigenvalue weighted by atomic mass is 16.5. The van der Waals surface area contributed by atoms with Gasteiger partial charge in [-0.05, 0) is 103 Å². The Kier molecular flexibility index (Phi) is 11.2. The highest BCUT2D eigenvalue weighted by Gasteiger charge is 2.35. The molecule has 0 aliphatic carbocycles. The molecule has 0 fully saturated rings. The number of carbonyl (C=O) groups is 4. The number of amides is 4. The molecule has 4 amide bonds. The maximum Gasteiger partial charge on any atom is 0.261 e. The Labute approximate surface area is 243 Å². The van der Waals surface area contributed by atoms with Crippen LogP contribution in [0, 0.1) is 0 Å². The Morgan fingerprint density at radius 2 is 0.829 bits per heavy atom. The van der Waals surface area contributed by atoms with Gasteiger partial charge in [0.05, 0.1) is 22.3 Å². The summed E-state index contributed by atoms with van der Waals surface area (Å²) in [5.41, 5.74) is 2.04. The average molecular weight is 563 g/mol. The summed E-state index contributed by atoms with van der Waals surface area (Å²) in [5, 5.41) is 0. The van der Waals surface area contributed by atoms with Crippen LogP contribution in [0.1, 0.15) is 80.0 Å². The molecule has 0 spiro atoms. The molecule has 2 heterocycles. The SMILES string of the molecule is CN(CCCCOCCCCN(C)CCCN1C(=O)c2ccccc2C1=O)CCCN1C(=O)c2ccccc2C1=O. The summed E-state index contributed by atoms with van der Waals surface area (Å²) in [4.78, 5) is 57.0. The van der Waals surface area contributed by atoms with Crippen LogP contribution in [0.2, 0.25) is 0 Å². The first kappa shape index (κ1) is 30.6. The fourth-order valence-electron chi connectivity index (χ4n) is 5.38. The Morgan fingerprint density at radius 3 is 1.17 bits per heavy atom. The van der Waals surface area contributed by atoms with Crippen LogP contribution >= 0.6 is 0 Å². The van der Waals surface area contributed by atoms with Crippen LogP contribution in [0.4, 0.5) is 0 Å². The number of rotatable bonds is 18. The van der Waals surface area contributed by atoms with Gasteiger partial charge in [-0.25, -0.2) is 0 Å². The van der Waals surface area contributed by atoms with Crippen molar-refractivity contribution in [2.45, 2.75) is 38.5 Å². The minimum atomic E-state index is -0.184. The van der Waals surface area contributed by atoms with Gasteiger partial charge in [0.2, 0.25) is 0 Å². The number of ether oxygens (including phenoxy) is 1. The van der Waals surface area contributed by atoms with Crippen molar-refractivity contribution >= 4 is 23.6 Å². The van der Waals surface area contributed by atoms with Crippen LogP contribution < -0.4 is 0 Å². The van der Waals surface area contributed by atoms with Gasteiger partial charge in [0, 0.05) is 26.3 Å². The zero-order valence-electron chi connectivity index (χ0n) is 24.3. The standard InChI is InChI=1S/C32H42N4O5/c1-33(19-11-21-35-29(37)25-13-3-4-14-26(25)30(35)38)17-7-9-23-41-24-10-8-18-34(2)20-12-22-36-31(39)27-15-5-6-16-28(27)32(36)40/h3-6,13-16H,7-12,17-24H2,1-2H3. The van der Waals surface area contributed by atoms with Gasteiger partial charge in [0.1, 0.15) is 0 Å². The van der Waals surface area contributed by atoms with E-state index in [1.165, 1.54) is 9.80 Å². The summed E-state index contributed by atoms with van der Waals surface area (Å²) in [6, 6.07) is 14.0. The van der Waals surface area contributed by atoms with E-state index in [-0.39, 0.29) is 23.6 Å². The Hall–Kier alpha value is -3.40. The molecular formula is C32H42N4O5. The maximum atomic E-state index is 12.4. The molecule has 2 aromatic carbocycles. The zero-order chi connectivity index (χ0) is 29.2. The Morgan fingerprint density at radius 1 is 0.512 bits per heavy atom. The first-order valence-corrected chi connectivity index (χ1v) is 14.7. The number of imide groups is 2. The third-order valence-corrected chi connectivity index (χ3v) is 7.76. The molecule has 0 aromatic heterocycles. The van der Waals surface area contributed by atoms with E-state index in [1.807, 2.05) is 0 Å². The fraction of sp³-hybridized carbons (Fsp3) is 0.500. The van der Waals surface area contributed by atoms with Crippen molar-refractivity contribution in [2.75, 3.05) is 66.6 Å². The van der Waals surface area contributed by atoms with Gasteiger partial charge in [-0.1, -0.05) is 24.3 Å². The minimum absolute atomic E-state index is 0.184. The molecule has 0 bridgehead atoms. The van der Waals surface area contributed by atoms with Gasteiger partial charge < -0.3 is 14.5 Å². The molecule has 41 heavy (non-hydrogen) atoms. The van der Waals surface area contributed by atoms with E-state index in [9.17, 15) is 19.2 Å². The van der Waals surface area contributed by atoms with Gasteiger partial charge in [-0.3, -0.25) is 29.0 Å². The van der Waals surface area contributed by atoms with Crippen molar-refractivity contribution in [1.82, 2.24) is 19.6 Å². The van der Waals surface area contributed by atoms with Gasteiger partial charge >= 0.3 is 0 Å². The summed E-state index contributed by atoms with van der Waals surface area (Å²) < 4.78 is 5.80. The number of carbonyl (C=O) groups excluding carboxylic acids is 4. The summed E-state index contributed by atoms with van der Waals surface area (Å²) in [6.45, 7) is 5.97. The largest absolute Gasteiger partial charge is 0.381 e. The highest BCUT2D eigenvalue weighted by Crippen LogP contribution is 2.23. The van der Waals surface area contributed by atoms with Crippen molar-refractivity contribution in [1.29, 1.82) is 0 Å². The van der Waals surface area contributed by atoms with Gasteiger partial charge in [-0.15, -0.1) is 0 Å². The molecule has 9 heteroatoms. The molecule has 0 saturated heterocycles. The third-order valence-electron chi connectivity index (χ3n) is 7.76. The summed E-state index contributed by atoms with van der Waals surface area (Å²) in [6.07, 6.45) is 5.60. The predicted molar refractivity (Wildman–Crippen MR) is 157 cm³/mol. The fourth-order valence-corrected chi connectivity index (χ4v) is 5.38. The second kappa shape index (κ2) is 15.0. The lowest BCUT2D eigenvalue weighted by Gasteiger charge is -2.19. The molecule has 0 unspecified atom stereocenters. The van der Waals surface area contributed by atoms with Gasteiger partial charge in [-0.2, -0.15) is 0 Å². The minimum Gasteiger partial charge on any atom is -0.381 e. The molecule has 2 aromatic rings. The summed E-state index contributed by atoms with van der Waals surface area (Å²) in [7, 11) is 4.14. The van der Waals surface area contributed by atoms with Crippen LogP contribution in [0.3, 0.4) is 0 Å². The zero-order valence-corrected chi connectivity index (χ0v) is 24.3. The first-order chi connectivity index (χ1) is 19.9. The molecule has 2 aliphatic heterocycles. The lowest BCUT2D eigenvalue weighted by atomic mass is 10.1. The van der Waals surface area contributed by atoms with Gasteiger partial charge in [0.15, 0.2) is 0 Å². The summed E-state index contributed by atoms with van der Waals surface area (Å²) in [5.74, 6) is -0.735. The predicted octanol–water partition coefficient (Wildman–Crippen LogP) is 3.80. The molecule has 4 rings (SSSR count). The molecule has 0 N–H and O–H groups in total. The second-order valence-electron chi connectivity index (χ2n) is 11.0. The number of hydrogen-bond donors (Lipinski definition) is 0. The molecule has 2 aliphatic rings. The molecule has 0 saturated carbocycles. The van der Waals surface area contributed by atoms with Crippen molar-refractivity contribution in [3.05, 3.63) is 70.8 Å². The second-order valence-corrected chi connectivity index (χ2v) is 11.0. The topological polar surface area (TPSA) is 90.5 Å². The van der Waals surface area contributed by atoms with Crippen LogP contribution in [-0.4, -0.2) is 110 Å². The van der Waals surface area contributed by atoms with Crippen molar-refractivity contribution < 1.29 is 23.9 Å². The highest BCUT2D eigenvalue weighted by molar-refractivity contribution is 6.22. The maximum absolute atomic E-state index is 12.4. The van der Waals surface area contributed by atoms with Crippen molar-refractivity contribution in [3.8, 4) is 0 Å². The smallest absolute Gasteiger partial charge is 0.261 e. The number of fused-ring (bicyclic) bond motifs is 2. The Balaban J connectivity index is 0.954. The van der Waals surface area contributed by atoms with Gasteiger partial charge in [0.25, 0.3) is 23.6 Å². The van der Waals surface area contributed by atoms with E-state index >= 15 is 0 Å². The normalized spacial score (nSPS) is 14.6.